The lowest BCUT2D eigenvalue weighted by Gasteiger charge is -2.06. The van der Waals surface area contributed by atoms with Crippen LogP contribution in [0.4, 0.5) is 5.69 Å². The molecule has 0 aliphatic heterocycles. The predicted octanol–water partition coefficient (Wildman–Crippen LogP) is 4.32. The van der Waals surface area contributed by atoms with Gasteiger partial charge in [0.2, 0.25) is 5.69 Å². The van der Waals surface area contributed by atoms with Gasteiger partial charge in [-0.1, -0.05) is 48.2 Å². The number of nitrogens with zero attached hydrogens (tertiary/aromatic N) is 1. The van der Waals surface area contributed by atoms with E-state index in [-0.39, 0.29) is 6.61 Å². The van der Waals surface area contributed by atoms with Crippen molar-refractivity contribution in [2.24, 2.45) is 0 Å². The van der Waals surface area contributed by atoms with Crippen LogP contribution in [0.15, 0.2) is 64.4 Å². The maximum absolute atomic E-state index is 9.28. The van der Waals surface area contributed by atoms with Crippen LogP contribution in [0.25, 0.3) is 0 Å². The molecule has 0 radical (unpaired) electrons. The Kier molecular flexibility index (Phi) is 5.99. The molecule has 0 aliphatic rings. The van der Waals surface area contributed by atoms with Crippen molar-refractivity contribution in [2.45, 2.75) is 18.7 Å². The summed E-state index contributed by atoms with van der Waals surface area (Å²) >= 11 is 1.65. The van der Waals surface area contributed by atoms with Gasteiger partial charge in [0.1, 0.15) is 7.05 Å². The Morgan fingerprint density at radius 1 is 1.05 bits per heavy atom. The third-order valence-electron chi connectivity index (χ3n) is 3.38. The van der Waals surface area contributed by atoms with Gasteiger partial charge >= 0.3 is 0 Å². The maximum atomic E-state index is 9.28. The lowest BCUT2D eigenvalue weighted by molar-refractivity contribution is -0.400. The summed E-state index contributed by atoms with van der Waals surface area (Å²) in [7, 11) is 2.05. The van der Waals surface area contributed by atoms with Gasteiger partial charge in [-0.3, -0.25) is 0 Å². The Labute approximate surface area is 136 Å². The first-order valence-electron chi connectivity index (χ1n) is 7.29. The Morgan fingerprint density at radius 2 is 1.68 bits per heavy atom. The second-order valence-corrected chi connectivity index (χ2v) is 6.33. The zero-order valence-electron chi connectivity index (χ0n) is 13.3. The zero-order valence-corrected chi connectivity index (χ0v) is 14.1. The molecule has 22 heavy (non-hydrogen) atoms. The number of aryl methyl sites for hydroxylation is 2. The fraction of sp³-hybridized carbons (Fsp3) is 0.211. The first-order chi connectivity index (χ1) is 10.6. The van der Waals surface area contributed by atoms with E-state index in [1.54, 1.807) is 11.8 Å². The lowest BCUT2D eigenvalue weighted by atomic mass is 10.1. The molecule has 0 saturated heterocycles. The van der Waals surface area contributed by atoms with E-state index in [4.69, 9.17) is 0 Å². The first-order valence-corrected chi connectivity index (χ1v) is 8.11. The van der Waals surface area contributed by atoms with E-state index in [1.807, 2.05) is 31.3 Å². The number of rotatable bonds is 5. The summed E-state index contributed by atoms with van der Waals surface area (Å²) in [5, 5.41) is 9.28. The van der Waals surface area contributed by atoms with E-state index >= 15 is 0 Å². The minimum Gasteiger partial charge on any atom is -0.392 e. The zero-order chi connectivity index (χ0) is 15.9. The molecule has 0 aliphatic carbocycles. The van der Waals surface area contributed by atoms with Crippen LogP contribution in [0.5, 0.6) is 0 Å². The number of hydrogen-bond acceptors (Lipinski definition) is 2. The van der Waals surface area contributed by atoms with Gasteiger partial charge in [-0.2, -0.15) is 4.58 Å². The number of allylic oxidation sites excluding steroid dienone is 1. The predicted molar refractivity (Wildman–Crippen MR) is 95.3 cm³/mol. The van der Waals surface area contributed by atoms with E-state index in [2.05, 4.69) is 55.0 Å². The van der Waals surface area contributed by atoms with Crippen molar-refractivity contribution in [1.29, 1.82) is 0 Å². The molecule has 0 heterocycles. The average molecular weight is 312 g/mol. The molecule has 0 spiro atoms. The Balaban J connectivity index is 2.32. The minimum absolute atomic E-state index is 0.0340. The van der Waals surface area contributed by atoms with Crippen LogP contribution in [0, 0.1) is 13.8 Å². The first kappa shape index (κ1) is 16.5. The molecule has 0 amide bonds. The summed E-state index contributed by atoms with van der Waals surface area (Å²) in [6.45, 7) is 4.27. The molecule has 2 aromatic rings. The van der Waals surface area contributed by atoms with Crippen molar-refractivity contribution >= 4 is 23.7 Å². The third-order valence-corrected chi connectivity index (χ3v) is 4.40. The molecule has 1 N–H and O–H groups in total. The summed E-state index contributed by atoms with van der Waals surface area (Å²) in [5.74, 6) is 0. The molecule has 0 unspecified atom stereocenters. The Morgan fingerprint density at radius 3 is 2.27 bits per heavy atom. The van der Waals surface area contributed by atoms with Crippen molar-refractivity contribution in [3.05, 3.63) is 70.6 Å². The molecule has 0 bridgehead atoms. The van der Waals surface area contributed by atoms with Crippen LogP contribution in [0.3, 0.4) is 0 Å². The number of thioether (sulfide) groups is 1. The molecular formula is C19H22NOS+. The van der Waals surface area contributed by atoms with Crippen LogP contribution in [0.1, 0.15) is 11.1 Å². The summed E-state index contributed by atoms with van der Waals surface area (Å²) in [6, 6.07) is 16.5. The topological polar surface area (TPSA) is 23.2 Å². The second kappa shape index (κ2) is 7.97. The molecular weight excluding hydrogens is 290 g/mol. The highest BCUT2D eigenvalue weighted by Crippen LogP contribution is 2.27. The number of benzene rings is 2. The molecule has 114 valence electrons. The van der Waals surface area contributed by atoms with Gasteiger partial charge in [0.15, 0.2) is 6.21 Å². The van der Waals surface area contributed by atoms with Crippen molar-refractivity contribution in [3.8, 4) is 0 Å². The van der Waals surface area contributed by atoms with Crippen LogP contribution >= 0.6 is 11.8 Å². The van der Waals surface area contributed by atoms with Gasteiger partial charge in [0.05, 0.1) is 11.5 Å². The maximum Gasteiger partial charge on any atom is 0.210 e. The normalized spacial score (nSPS) is 12.5. The molecule has 2 rings (SSSR count). The lowest BCUT2D eigenvalue weighted by Crippen LogP contribution is -2.04. The highest BCUT2D eigenvalue weighted by Gasteiger charge is 2.12. The van der Waals surface area contributed by atoms with E-state index in [9.17, 15) is 5.11 Å². The van der Waals surface area contributed by atoms with Crippen molar-refractivity contribution in [3.63, 3.8) is 0 Å². The number of aliphatic hydroxyl groups is 1. The smallest absolute Gasteiger partial charge is 0.210 e. The van der Waals surface area contributed by atoms with Crippen molar-refractivity contribution in [2.75, 3.05) is 13.7 Å². The van der Waals surface area contributed by atoms with Crippen LogP contribution in [-0.4, -0.2) is 29.6 Å². The van der Waals surface area contributed by atoms with E-state index < -0.39 is 0 Å². The van der Waals surface area contributed by atoms with E-state index in [1.165, 1.54) is 16.8 Å². The molecule has 2 nitrogen and oxygen atoms in total. The third kappa shape index (κ3) is 4.33. The largest absolute Gasteiger partial charge is 0.392 e. The highest BCUT2D eigenvalue weighted by atomic mass is 32.2. The summed E-state index contributed by atoms with van der Waals surface area (Å²) in [4.78, 5) is 2.19. The number of para-hydroxylation sites is 1. The summed E-state index contributed by atoms with van der Waals surface area (Å²) < 4.78 is 2.13. The molecule has 3 heteroatoms. The van der Waals surface area contributed by atoms with E-state index in [0.29, 0.717) is 0 Å². The van der Waals surface area contributed by atoms with Crippen LogP contribution in [-0.2, 0) is 0 Å². The standard InChI is InChI=1S/C19H22NOS/c1-15-8-7-9-16(2)19(15)20(3)14-18(12-13-21)22-17-10-5-4-6-11-17/h4-12,14,21H,13H2,1-3H3/q+1/b18-12+,20-14?. The van der Waals surface area contributed by atoms with Gasteiger partial charge < -0.3 is 5.11 Å². The van der Waals surface area contributed by atoms with Crippen LogP contribution in [0.2, 0.25) is 0 Å². The van der Waals surface area contributed by atoms with Gasteiger partial charge in [-0.05, 0) is 32.1 Å². The average Bonchev–Trinajstić information content (AvgIpc) is 2.48. The fourth-order valence-corrected chi connectivity index (χ4v) is 3.39. The molecule has 2 aromatic carbocycles. The van der Waals surface area contributed by atoms with Gasteiger partial charge in [-0.25, -0.2) is 0 Å². The quantitative estimate of drug-likeness (QED) is 0.505. The Bertz CT molecular complexity index is 670. The minimum atomic E-state index is 0.0340. The molecule has 0 saturated carbocycles. The van der Waals surface area contributed by atoms with E-state index in [0.717, 1.165) is 9.80 Å². The van der Waals surface area contributed by atoms with Gasteiger partial charge in [0, 0.05) is 16.0 Å². The van der Waals surface area contributed by atoms with Crippen molar-refractivity contribution in [1.82, 2.24) is 0 Å². The molecule has 0 atom stereocenters. The number of hydrogen-bond donors (Lipinski definition) is 1. The van der Waals surface area contributed by atoms with Crippen LogP contribution < -0.4 is 0 Å². The number of aliphatic hydroxyl groups excluding tert-OH is 1. The SMILES string of the molecule is Cc1cccc(C)c1[N+](C)=C/C(=C\CO)Sc1ccccc1. The summed E-state index contributed by atoms with van der Waals surface area (Å²) in [5.41, 5.74) is 3.69. The van der Waals surface area contributed by atoms with Gasteiger partial charge in [0.25, 0.3) is 0 Å². The highest BCUT2D eigenvalue weighted by molar-refractivity contribution is 8.03. The van der Waals surface area contributed by atoms with Crippen molar-refractivity contribution < 1.29 is 9.68 Å². The molecule has 0 aromatic heterocycles. The molecule has 0 fully saturated rings. The second-order valence-electron chi connectivity index (χ2n) is 5.18. The monoisotopic (exact) mass is 312 g/mol. The summed E-state index contributed by atoms with van der Waals surface area (Å²) in [6.07, 6.45) is 3.91. The van der Waals surface area contributed by atoms with Gasteiger partial charge in [-0.15, -0.1) is 0 Å². The fourth-order valence-electron chi connectivity index (χ4n) is 2.45. The Hall–Kier alpha value is -1.84.